The Balaban J connectivity index is 1.24. The minimum Gasteiger partial charge on any atom is -0.464 e. The van der Waals surface area contributed by atoms with E-state index in [0.29, 0.717) is 71.6 Å². The van der Waals surface area contributed by atoms with E-state index in [2.05, 4.69) is 71.8 Å². The summed E-state index contributed by atoms with van der Waals surface area (Å²) in [5, 5.41) is 5.57. The Labute approximate surface area is 376 Å². The van der Waals surface area contributed by atoms with E-state index in [-0.39, 0.29) is 37.3 Å². The number of nitrogens with one attached hydrogen (secondary N) is 2. The second-order valence-electron chi connectivity index (χ2n) is 18.8. The fourth-order valence-electron chi connectivity index (χ4n) is 10.0. The number of hydrazine groups is 1. The largest absolute Gasteiger partial charge is 0.464 e. The van der Waals surface area contributed by atoms with Crippen molar-refractivity contribution in [1.82, 2.24) is 35.1 Å². The number of carbonyl (C=O) groups excluding carboxylic acids is 5. The molecule has 2 aromatic heterocycles. The first-order chi connectivity index (χ1) is 30.6. The predicted molar refractivity (Wildman–Crippen MR) is 243 cm³/mol. The summed E-state index contributed by atoms with van der Waals surface area (Å²) in [6, 6.07) is 7.86. The third-order valence-corrected chi connectivity index (χ3v) is 13.2. The van der Waals surface area contributed by atoms with Gasteiger partial charge in [0, 0.05) is 93.6 Å². The van der Waals surface area contributed by atoms with Crippen LogP contribution < -0.4 is 15.6 Å². The van der Waals surface area contributed by atoms with Crippen molar-refractivity contribution in [3.05, 3.63) is 60.4 Å². The van der Waals surface area contributed by atoms with Crippen LogP contribution >= 0.6 is 0 Å². The van der Waals surface area contributed by atoms with Gasteiger partial charge in [-0.15, -0.1) is 0 Å². The maximum absolute atomic E-state index is 14.7. The minimum absolute atomic E-state index is 0.143. The number of nitrogens with zero attached hydrogens (tertiary/aromatic N) is 6. The summed E-state index contributed by atoms with van der Waals surface area (Å²) in [6.45, 7) is 17.4. The van der Waals surface area contributed by atoms with Gasteiger partial charge in [0.15, 0.2) is 0 Å². The quantitative estimate of drug-likeness (QED) is 0.223. The molecule has 2 N–H and O–H groups in total. The van der Waals surface area contributed by atoms with Gasteiger partial charge < -0.3 is 38.8 Å². The molecule has 0 saturated carbocycles. The fourth-order valence-corrected chi connectivity index (χ4v) is 10.0. The van der Waals surface area contributed by atoms with Crippen LogP contribution in [0.2, 0.25) is 0 Å². The van der Waals surface area contributed by atoms with E-state index in [1.807, 2.05) is 19.9 Å². The zero-order valence-corrected chi connectivity index (χ0v) is 38.6. The summed E-state index contributed by atoms with van der Waals surface area (Å²) >= 11 is 0. The molecule has 5 atom stereocenters. The van der Waals surface area contributed by atoms with Crippen molar-refractivity contribution in [2.24, 2.45) is 17.3 Å². The van der Waals surface area contributed by atoms with Crippen LogP contribution in [0.3, 0.4) is 0 Å². The Kier molecular flexibility index (Phi) is 14.5. The van der Waals surface area contributed by atoms with Gasteiger partial charge in [-0.05, 0) is 80.5 Å². The number of ether oxygens (including phenoxy) is 3. The number of anilines is 1. The number of morpholine rings is 1. The molecular formula is C48H66N8O8. The molecule has 3 aromatic rings. The molecule has 64 heavy (non-hydrogen) atoms. The Morgan fingerprint density at radius 1 is 1.12 bits per heavy atom. The van der Waals surface area contributed by atoms with Crippen LogP contribution in [0.25, 0.3) is 22.2 Å². The highest BCUT2D eigenvalue weighted by Crippen LogP contribution is 2.41. The Bertz CT molecular complexity index is 2240. The van der Waals surface area contributed by atoms with Gasteiger partial charge in [-0.25, -0.2) is 5.43 Å². The van der Waals surface area contributed by atoms with E-state index in [0.717, 1.165) is 39.1 Å². The van der Waals surface area contributed by atoms with Gasteiger partial charge in [0.1, 0.15) is 18.1 Å². The third-order valence-electron chi connectivity index (χ3n) is 13.2. The van der Waals surface area contributed by atoms with Gasteiger partial charge in [-0.1, -0.05) is 34.3 Å². The number of esters is 1. The lowest BCUT2D eigenvalue weighted by atomic mass is 9.84. The van der Waals surface area contributed by atoms with E-state index in [1.165, 1.54) is 16.0 Å². The number of carbonyl (C=O) groups is 5. The first-order valence-corrected chi connectivity index (χ1v) is 22.8. The van der Waals surface area contributed by atoms with E-state index in [1.54, 1.807) is 25.3 Å². The highest BCUT2D eigenvalue weighted by atomic mass is 16.5. The molecule has 3 saturated heterocycles. The second-order valence-corrected chi connectivity index (χ2v) is 18.8. The number of methoxy groups -OCH3 is 1. The molecule has 16 heteroatoms. The first kappa shape index (κ1) is 46.7. The number of likely N-dealkylation sites (tertiary alicyclic amines) is 1. The number of aromatic nitrogens is 2. The van der Waals surface area contributed by atoms with Crippen molar-refractivity contribution < 1.29 is 38.2 Å². The topological polar surface area (TPSA) is 168 Å². The first-order valence-electron chi connectivity index (χ1n) is 22.8. The SMILES string of the molecule is C=CC(=O)N1CC[C@H](C(=O)N(C)[C@H](C(=O)NC2C[C@@H]3CN(CCO3)c3ccc4c(c3)c(c(-c3cccnc3COC)n4CC)CC(C)(C)COC(=O)[C@@H]3CCCN(N3)C2=O)C(C)C)C1. The number of hydrogen-bond acceptors (Lipinski definition) is 11. The fraction of sp³-hybridized carbons (Fsp3) is 0.583. The molecule has 4 amide bonds. The molecule has 1 aromatic carbocycles. The predicted octanol–water partition coefficient (Wildman–Crippen LogP) is 4.09. The van der Waals surface area contributed by atoms with Crippen LogP contribution in [0.4, 0.5) is 5.69 Å². The van der Waals surface area contributed by atoms with Crippen molar-refractivity contribution in [3.63, 3.8) is 0 Å². The summed E-state index contributed by atoms with van der Waals surface area (Å²) in [5.74, 6) is -2.57. The Morgan fingerprint density at radius 3 is 2.66 bits per heavy atom. The summed E-state index contributed by atoms with van der Waals surface area (Å²) < 4.78 is 20.4. The van der Waals surface area contributed by atoms with Gasteiger partial charge in [0.25, 0.3) is 5.91 Å². The van der Waals surface area contributed by atoms with E-state index >= 15 is 0 Å². The minimum atomic E-state index is -1.05. The molecule has 4 aliphatic rings. The van der Waals surface area contributed by atoms with E-state index in [9.17, 15) is 24.0 Å². The molecule has 3 fully saturated rings. The number of benzene rings is 1. The van der Waals surface area contributed by atoms with Crippen LogP contribution in [0.15, 0.2) is 49.2 Å². The van der Waals surface area contributed by atoms with Crippen LogP contribution in [0.1, 0.15) is 71.6 Å². The molecule has 7 rings (SSSR count). The number of fused-ring (bicyclic) bond motifs is 6. The molecule has 4 aliphatic heterocycles. The second kappa shape index (κ2) is 19.8. The third kappa shape index (κ3) is 9.83. The highest BCUT2D eigenvalue weighted by molar-refractivity contribution is 5.95. The van der Waals surface area contributed by atoms with Crippen LogP contribution in [-0.4, -0.2) is 138 Å². The van der Waals surface area contributed by atoms with Crippen LogP contribution in [-0.2, 0) is 57.8 Å². The molecule has 0 aliphatic carbocycles. The van der Waals surface area contributed by atoms with Crippen molar-refractivity contribution in [3.8, 4) is 11.3 Å². The standard InChI is InChI=1S/C48H66N8O8/c1-9-41(57)54-20-17-31(26-54)45(59)52(7)42(30(3)4)44(58)50-38-24-33-27-53(21-22-63-33)32-15-16-40-35(23-32)36(43(55(40)10-2)34-13-11-18-49-39(34)28-62-8)25-48(5,6)29-64-47(61)37-14-12-19-56(51-37)46(38)60/h9,11,13,15-16,18,23,30-31,33,37-38,42,51H,1,10,12,14,17,19-22,24-29H2,2-8H3,(H,50,58)/t31-,33+,37-,38?,42-/m0/s1. The molecule has 346 valence electrons. The molecule has 0 spiro atoms. The Hall–Kier alpha value is -5.32. The normalized spacial score (nSPS) is 23.4. The van der Waals surface area contributed by atoms with Crippen molar-refractivity contribution in [1.29, 1.82) is 0 Å². The van der Waals surface area contributed by atoms with E-state index in [4.69, 9.17) is 19.2 Å². The van der Waals surface area contributed by atoms with Crippen molar-refractivity contribution in [2.45, 2.75) is 104 Å². The number of pyridine rings is 1. The summed E-state index contributed by atoms with van der Waals surface area (Å²) in [4.78, 5) is 79.2. The monoisotopic (exact) mass is 883 g/mol. The van der Waals surface area contributed by atoms with Crippen molar-refractivity contribution >= 4 is 46.2 Å². The average Bonchev–Trinajstić information content (AvgIpc) is 3.90. The lowest BCUT2D eigenvalue weighted by Gasteiger charge is -2.39. The smallest absolute Gasteiger partial charge is 0.324 e. The summed E-state index contributed by atoms with van der Waals surface area (Å²) in [7, 11) is 3.28. The zero-order valence-electron chi connectivity index (χ0n) is 38.6. The maximum Gasteiger partial charge on any atom is 0.324 e. The molecule has 0 radical (unpaired) electrons. The van der Waals surface area contributed by atoms with Gasteiger partial charge in [0.2, 0.25) is 17.7 Å². The number of hydrogen-bond donors (Lipinski definition) is 2. The van der Waals surface area contributed by atoms with Gasteiger partial charge in [-0.3, -0.25) is 34.0 Å². The lowest BCUT2D eigenvalue weighted by molar-refractivity contribution is -0.156. The maximum atomic E-state index is 14.7. The van der Waals surface area contributed by atoms with Crippen LogP contribution in [0.5, 0.6) is 0 Å². The molecule has 1 unspecified atom stereocenters. The Morgan fingerprint density at radius 2 is 1.92 bits per heavy atom. The number of amides is 4. The number of rotatable bonds is 10. The zero-order chi connectivity index (χ0) is 45.9. The van der Waals surface area contributed by atoms with E-state index < -0.39 is 53.3 Å². The van der Waals surface area contributed by atoms with Crippen LogP contribution in [0, 0.1) is 17.3 Å². The highest BCUT2D eigenvalue weighted by Gasteiger charge is 2.41. The van der Waals surface area contributed by atoms with Gasteiger partial charge >= 0.3 is 5.97 Å². The number of likely N-dealkylation sites (N-methyl/N-ethyl adjacent to an activating group) is 1. The van der Waals surface area contributed by atoms with Gasteiger partial charge in [0.05, 0.1) is 43.2 Å². The summed E-state index contributed by atoms with van der Waals surface area (Å²) in [5.41, 5.74) is 8.76. The van der Waals surface area contributed by atoms with Crippen molar-refractivity contribution in [2.75, 3.05) is 65.0 Å². The summed E-state index contributed by atoms with van der Waals surface area (Å²) in [6.07, 6.45) is 4.83. The van der Waals surface area contributed by atoms with Gasteiger partial charge in [-0.2, -0.15) is 0 Å². The lowest BCUT2D eigenvalue weighted by Crippen LogP contribution is -2.62. The number of aryl methyl sites for hydroxylation is 1. The molecular weight excluding hydrogens is 817 g/mol. The molecule has 6 bridgehead atoms. The molecule has 16 nitrogen and oxygen atoms in total. The average molecular weight is 883 g/mol. The molecule has 6 heterocycles. The number of cyclic esters (lactones) is 1.